The van der Waals surface area contributed by atoms with Gasteiger partial charge in [-0.05, 0) is 40.9 Å². The Morgan fingerprint density at radius 1 is 1.33 bits per heavy atom. The zero-order chi connectivity index (χ0) is 17.7. The lowest BCUT2D eigenvalue weighted by Crippen LogP contribution is -2.43. The van der Waals surface area contributed by atoms with Crippen LogP contribution in [-0.2, 0) is 9.53 Å². The zero-order valence-corrected chi connectivity index (χ0v) is 15.9. The first-order valence-corrected chi connectivity index (χ1v) is 8.98. The van der Waals surface area contributed by atoms with Crippen LogP contribution in [0.3, 0.4) is 0 Å². The molecule has 0 aromatic heterocycles. The van der Waals surface area contributed by atoms with Crippen LogP contribution in [0.2, 0.25) is 0 Å². The van der Waals surface area contributed by atoms with Crippen molar-refractivity contribution in [3.8, 4) is 0 Å². The van der Waals surface area contributed by atoms with E-state index < -0.39 is 6.09 Å². The van der Waals surface area contributed by atoms with Crippen LogP contribution in [-0.4, -0.2) is 44.8 Å². The van der Waals surface area contributed by atoms with Gasteiger partial charge >= 0.3 is 6.09 Å². The summed E-state index contributed by atoms with van der Waals surface area (Å²) in [4.78, 5) is 25.7. The second kappa shape index (κ2) is 8.37. The Morgan fingerprint density at radius 2 is 2.08 bits per heavy atom. The van der Waals surface area contributed by atoms with Crippen LogP contribution in [0.25, 0.3) is 0 Å². The molecule has 2 amide bonds. The van der Waals surface area contributed by atoms with Crippen molar-refractivity contribution in [3.63, 3.8) is 0 Å². The summed E-state index contributed by atoms with van der Waals surface area (Å²) in [7, 11) is 1.64. The van der Waals surface area contributed by atoms with Crippen molar-refractivity contribution in [2.75, 3.05) is 31.6 Å². The number of hydrogen-bond donors (Lipinski definition) is 2. The van der Waals surface area contributed by atoms with Crippen LogP contribution in [0.5, 0.6) is 0 Å². The number of rotatable bonds is 6. The fraction of sp³-hybridized carbons (Fsp3) is 0.529. The third kappa shape index (κ3) is 3.83. The van der Waals surface area contributed by atoms with Crippen LogP contribution in [0.4, 0.5) is 10.5 Å². The summed E-state index contributed by atoms with van der Waals surface area (Å²) in [6, 6.07) is 6.15. The highest BCUT2D eigenvalue weighted by Gasteiger charge is 2.39. The number of hydrogen-bond acceptors (Lipinski definition) is 4. The van der Waals surface area contributed by atoms with Crippen LogP contribution in [0.1, 0.15) is 31.7 Å². The van der Waals surface area contributed by atoms with E-state index >= 15 is 0 Å². The number of ether oxygens (including phenoxy) is 1. The van der Waals surface area contributed by atoms with Gasteiger partial charge in [-0.25, -0.2) is 4.79 Å². The van der Waals surface area contributed by atoms with Crippen molar-refractivity contribution < 1.29 is 14.3 Å². The molecule has 6 nitrogen and oxygen atoms in total. The van der Waals surface area contributed by atoms with Gasteiger partial charge in [0, 0.05) is 30.0 Å². The van der Waals surface area contributed by atoms with E-state index in [0.29, 0.717) is 19.7 Å². The Hall–Kier alpha value is -1.76. The van der Waals surface area contributed by atoms with E-state index in [1.54, 1.807) is 14.0 Å². The van der Waals surface area contributed by atoms with Crippen LogP contribution in [0.15, 0.2) is 22.7 Å². The van der Waals surface area contributed by atoms with Crippen LogP contribution < -0.4 is 15.5 Å². The Morgan fingerprint density at radius 3 is 2.71 bits per heavy atom. The minimum absolute atomic E-state index is 0.0332. The van der Waals surface area contributed by atoms with Gasteiger partial charge in [0.1, 0.15) is 0 Å². The summed E-state index contributed by atoms with van der Waals surface area (Å²) < 4.78 is 5.91. The quantitative estimate of drug-likeness (QED) is 0.773. The predicted molar refractivity (Wildman–Crippen MR) is 97.4 cm³/mol. The van der Waals surface area contributed by atoms with Gasteiger partial charge in [0.15, 0.2) is 0 Å². The number of halogens is 1. The van der Waals surface area contributed by atoms with Gasteiger partial charge in [0.2, 0.25) is 5.91 Å². The van der Waals surface area contributed by atoms with Crippen LogP contribution in [0, 0.1) is 0 Å². The largest absolute Gasteiger partial charge is 0.450 e. The molecule has 1 aliphatic rings. The number of anilines is 1. The number of likely N-dealkylation sites (N-methyl/N-ethyl adjacent to an activating group) is 1. The average molecular weight is 398 g/mol. The number of alkyl carbamates (subject to hydrolysis) is 1. The molecule has 0 aliphatic carbocycles. The highest BCUT2D eigenvalue weighted by molar-refractivity contribution is 9.10. The second-order valence-electron chi connectivity index (χ2n) is 5.66. The highest BCUT2D eigenvalue weighted by Crippen LogP contribution is 2.45. The number of benzene rings is 1. The maximum atomic E-state index is 12.0. The molecule has 1 aromatic carbocycles. The summed E-state index contributed by atoms with van der Waals surface area (Å²) in [5, 5.41) is 5.52. The maximum Gasteiger partial charge on any atom is 0.407 e. The summed E-state index contributed by atoms with van der Waals surface area (Å²) in [6.07, 6.45) is 0.460. The van der Waals surface area contributed by atoms with Gasteiger partial charge in [-0.3, -0.25) is 4.79 Å². The fourth-order valence-electron chi connectivity index (χ4n) is 3.28. The van der Waals surface area contributed by atoms with E-state index in [0.717, 1.165) is 22.1 Å². The third-order valence-corrected chi connectivity index (χ3v) is 4.96. The van der Waals surface area contributed by atoms with E-state index in [4.69, 9.17) is 4.74 Å². The lowest BCUT2D eigenvalue weighted by atomic mass is 9.93. The molecule has 0 saturated carbocycles. The number of fused-ring (bicyclic) bond motifs is 1. The Balaban J connectivity index is 2.29. The number of carbonyl (C=O) groups is 2. The van der Waals surface area contributed by atoms with Crippen molar-refractivity contribution >= 4 is 33.6 Å². The summed E-state index contributed by atoms with van der Waals surface area (Å²) in [6.45, 7) is 4.99. The number of amides is 2. The molecule has 132 valence electrons. The highest BCUT2D eigenvalue weighted by atomic mass is 79.9. The maximum absolute atomic E-state index is 12.0. The molecule has 2 N–H and O–H groups in total. The van der Waals surface area contributed by atoms with Crippen LogP contribution >= 0.6 is 15.9 Å². The molecule has 0 spiro atoms. The SMILES string of the molecule is CCOC(=O)NCC1c2cccc(Br)c2N(CC(=O)NC)C1CC. The molecule has 1 aliphatic heterocycles. The lowest BCUT2D eigenvalue weighted by Gasteiger charge is -2.29. The molecule has 2 atom stereocenters. The second-order valence-corrected chi connectivity index (χ2v) is 6.52. The number of para-hydroxylation sites is 1. The van der Waals surface area contributed by atoms with Gasteiger partial charge in [-0.1, -0.05) is 19.1 Å². The molecule has 1 heterocycles. The monoisotopic (exact) mass is 397 g/mol. The summed E-state index contributed by atoms with van der Waals surface area (Å²) in [5.41, 5.74) is 2.17. The summed E-state index contributed by atoms with van der Waals surface area (Å²) >= 11 is 3.60. The first-order chi connectivity index (χ1) is 11.5. The molecule has 1 aromatic rings. The van der Waals surface area contributed by atoms with Gasteiger partial charge in [0.25, 0.3) is 0 Å². The van der Waals surface area contributed by atoms with E-state index in [-0.39, 0.29) is 17.9 Å². The van der Waals surface area contributed by atoms with E-state index in [1.807, 2.05) is 12.1 Å². The minimum Gasteiger partial charge on any atom is -0.450 e. The molecule has 7 heteroatoms. The van der Waals surface area contributed by atoms with Crippen molar-refractivity contribution in [3.05, 3.63) is 28.2 Å². The van der Waals surface area contributed by atoms with E-state index in [2.05, 4.69) is 44.5 Å². The van der Waals surface area contributed by atoms with E-state index in [9.17, 15) is 9.59 Å². The first-order valence-electron chi connectivity index (χ1n) is 8.19. The van der Waals surface area contributed by atoms with Gasteiger partial charge in [0.05, 0.1) is 18.8 Å². The first kappa shape index (κ1) is 18.6. The lowest BCUT2D eigenvalue weighted by molar-refractivity contribution is -0.119. The average Bonchev–Trinajstić information content (AvgIpc) is 2.87. The normalized spacial score (nSPS) is 18.9. The van der Waals surface area contributed by atoms with Crippen molar-refractivity contribution in [1.29, 1.82) is 0 Å². The van der Waals surface area contributed by atoms with Crippen molar-refractivity contribution in [2.45, 2.75) is 32.2 Å². The summed E-state index contributed by atoms with van der Waals surface area (Å²) in [5.74, 6) is 0.0747. The number of nitrogens with one attached hydrogen (secondary N) is 2. The van der Waals surface area contributed by atoms with Gasteiger partial charge in [-0.2, -0.15) is 0 Å². The zero-order valence-electron chi connectivity index (χ0n) is 14.3. The third-order valence-electron chi connectivity index (χ3n) is 4.32. The molecule has 0 radical (unpaired) electrons. The Kier molecular flexibility index (Phi) is 6.48. The molecule has 24 heavy (non-hydrogen) atoms. The topological polar surface area (TPSA) is 70.7 Å². The smallest absolute Gasteiger partial charge is 0.407 e. The minimum atomic E-state index is -0.409. The Bertz CT molecular complexity index is 609. The van der Waals surface area contributed by atoms with Gasteiger partial charge in [-0.15, -0.1) is 0 Å². The standard InChI is InChI=1S/C17H24BrN3O3/c1-4-14-12(9-20-17(23)24-5-2)11-7-6-8-13(18)16(11)21(14)10-15(22)19-3/h6-8,12,14H,4-5,9-10H2,1-3H3,(H,19,22)(H,20,23). The Labute approximate surface area is 151 Å². The van der Waals surface area contributed by atoms with Crippen molar-refractivity contribution in [2.24, 2.45) is 0 Å². The van der Waals surface area contributed by atoms with Crippen molar-refractivity contribution in [1.82, 2.24) is 10.6 Å². The number of nitrogens with zero attached hydrogens (tertiary/aromatic N) is 1. The van der Waals surface area contributed by atoms with Gasteiger partial charge < -0.3 is 20.3 Å². The molecular formula is C17H24BrN3O3. The van der Waals surface area contributed by atoms with E-state index in [1.165, 1.54) is 0 Å². The molecule has 0 saturated heterocycles. The number of carbonyl (C=O) groups excluding carboxylic acids is 2. The predicted octanol–water partition coefficient (Wildman–Crippen LogP) is 2.62. The molecule has 0 fully saturated rings. The molecule has 2 unspecified atom stereocenters. The molecular weight excluding hydrogens is 374 g/mol. The molecule has 2 rings (SSSR count). The molecule has 0 bridgehead atoms. The fourth-order valence-corrected chi connectivity index (χ4v) is 3.89.